The molecule has 1 aliphatic carbocycles. The van der Waals surface area contributed by atoms with Crippen LogP contribution in [0.3, 0.4) is 0 Å². The van der Waals surface area contributed by atoms with Gasteiger partial charge in [0.15, 0.2) is 0 Å². The Hall–Kier alpha value is -2.96. The van der Waals surface area contributed by atoms with Crippen molar-refractivity contribution in [3.8, 4) is 0 Å². The SMILES string of the molecule is CCCn1c(=N)c(C(=O)NC2CCCCC2)cc2c(=O)n3ccccc3nc21. The first-order chi connectivity index (χ1) is 13.6. The van der Waals surface area contributed by atoms with Crippen LogP contribution in [0.1, 0.15) is 55.8 Å². The van der Waals surface area contributed by atoms with E-state index in [1.807, 2.05) is 13.0 Å². The minimum atomic E-state index is -0.277. The molecule has 3 aromatic rings. The lowest BCUT2D eigenvalue weighted by Gasteiger charge is -2.23. The molecular formula is C21H25N5O2. The van der Waals surface area contributed by atoms with E-state index in [4.69, 9.17) is 5.41 Å². The molecular weight excluding hydrogens is 354 g/mol. The zero-order valence-electron chi connectivity index (χ0n) is 16.1. The lowest BCUT2D eigenvalue weighted by Crippen LogP contribution is -2.40. The third-order valence-electron chi connectivity index (χ3n) is 5.45. The van der Waals surface area contributed by atoms with Gasteiger partial charge in [0.05, 0.1) is 10.9 Å². The first kappa shape index (κ1) is 18.4. The van der Waals surface area contributed by atoms with Crippen molar-refractivity contribution >= 4 is 22.6 Å². The number of aryl methyl sites for hydroxylation is 1. The Labute approximate surface area is 162 Å². The number of hydrogen-bond acceptors (Lipinski definition) is 4. The maximum absolute atomic E-state index is 13.0. The van der Waals surface area contributed by atoms with E-state index in [0.29, 0.717) is 23.2 Å². The molecule has 0 radical (unpaired) electrons. The Kier molecular flexibility index (Phi) is 4.98. The molecule has 0 aliphatic heterocycles. The van der Waals surface area contributed by atoms with Crippen molar-refractivity contribution < 1.29 is 4.79 Å². The molecule has 1 amide bonds. The minimum Gasteiger partial charge on any atom is -0.349 e. The van der Waals surface area contributed by atoms with Crippen molar-refractivity contribution in [2.45, 2.75) is 58.0 Å². The van der Waals surface area contributed by atoms with E-state index >= 15 is 0 Å². The molecule has 0 saturated heterocycles. The van der Waals surface area contributed by atoms with Crippen LogP contribution in [0, 0.1) is 5.41 Å². The van der Waals surface area contributed by atoms with Crippen LogP contribution in [0.5, 0.6) is 0 Å². The molecule has 7 nitrogen and oxygen atoms in total. The van der Waals surface area contributed by atoms with Crippen molar-refractivity contribution in [3.05, 3.63) is 51.9 Å². The predicted molar refractivity (Wildman–Crippen MR) is 107 cm³/mol. The van der Waals surface area contributed by atoms with Crippen LogP contribution >= 0.6 is 0 Å². The van der Waals surface area contributed by atoms with Crippen LogP contribution in [0.15, 0.2) is 35.3 Å². The standard InChI is InChI=1S/C21H25N5O2/c1-2-11-26-18(22)15(20(27)23-14-8-4-3-5-9-14)13-16-19(26)24-17-10-6-7-12-25(17)21(16)28/h6-7,10,12-14,22H,2-5,8-9,11H2,1H3,(H,23,27). The van der Waals surface area contributed by atoms with Crippen LogP contribution in [0.4, 0.5) is 0 Å². The van der Waals surface area contributed by atoms with E-state index in [0.717, 1.165) is 32.1 Å². The fraction of sp³-hybridized carbons (Fsp3) is 0.429. The topological polar surface area (TPSA) is 92.2 Å². The smallest absolute Gasteiger partial charge is 0.267 e. The highest BCUT2D eigenvalue weighted by Gasteiger charge is 2.20. The average molecular weight is 379 g/mol. The largest absolute Gasteiger partial charge is 0.349 e. The van der Waals surface area contributed by atoms with Crippen LogP contribution in [0.2, 0.25) is 0 Å². The minimum absolute atomic E-state index is 0.106. The van der Waals surface area contributed by atoms with Gasteiger partial charge in [0.25, 0.3) is 11.5 Å². The number of carbonyl (C=O) groups excluding carboxylic acids is 1. The lowest BCUT2D eigenvalue weighted by molar-refractivity contribution is 0.0925. The van der Waals surface area contributed by atoms with Crippen molar-refractivity contribution in [2.24, 2.45) is 0 Å². The predicted octanol–water partition coefficient (Wildman–Crippen LogP) is 2.60. The highest BCUT2D eigenvalue weighted by Crippen LogP contribution is 2.18. The van der Waals surface area contributed by atoms with Gasteiger partial charge < -0.3 is 9.88 Å². The summed E-state index contributed by atoms with van der Waals surface area (Å²) in [6, 6.07) is 7.05. The third-order valence-corrected chi connectivity index (χ3v) is 5.45. The number of carbonyl (C=O) groups is 1. The highest BCUT2D eigenvalue weighted by atomic mass is 16.2. The van der Waals surface area contributed by atoms with E-state index < -0.39 is 0 Å². The Morgan fingerprint density at radius 2 is 2.07 bits per heavy atom. The molecule has 1 aliphatic rings. The van der Waals surface area contributed by atoms with Gasteiger partial charge >= 0.3 is 0 Å². The van der Waals surface area contributed by atoms with Gasteiger partial charge in [-0.1, -0.05) is 32.3 Å². The molecule has 0 aromatic carbocycles. The van der Waals surface area contributed by atoms with E-state index in [-0.39, 0.29) is 28.6 Å². The number of aromatic nitrogens is 3. The molecule has 4 rings (SSSR count). The fourth-order valence-electron chi connectivity index (χ4n) is 4.01. The van der Waals surface area contributed by atoms with Crippen LogP contribution < -0.4 is 16.4 Å². The summed E-state index contributed by atoms with van der Waals surface area (Å²) in [5.74, 6) is -0.277. The Morgan fingerprint density at radius 3 is 2.82 bits per heavy atom. The molecule has 0 unspecified atom stereocenters. The molecule has 146 valence electrons. The number of hydrogen-bond donors (Lipinski definition) is 2. The van der Waals surface area contributed by atoms with Gasteiger partial charge in [-0.2, -0.15) is 0 Å². The molecule has 1 saturated carbocycles. The second-order valence-electron chi connectivity index (χ2n) is 7.45. The summed E-state index contributed by atoms with van der Waals surface area (Å²) in [7, 11) is 0. The molecule has 3 heterocycles. The molecule has 1 fully saturated rings. The summed E-state index contributed by atoms with van der Waals surface area (Å²) in [6.07, 6.45) is 7.82. The van der Waals surface area contributed by atoms with Crippen molar-refractivity contribution in [1.82, 2.24) is 19.3 Å². The normalized spacial score (nSPS) is 15.2. The number of nitrogens with one attached hydrogen (secondary N) is 2. The summed E-state index contributed by atoms with van der Waals surface area (Å²) in [6.45, 7) is 2.52. The molecule has 0 bridgehead atoms. The summed E-state index contributed by atoms with van der Waals surface area (Å²) in [5, 5.41) is 12.0. The number of amides is 1. The van der Waals surface area contributed by atoms with Gasteiger partial charge in [0.1, 0.15) is 16.8 Å². The number of nitrogens with zero attached hydrogens (tertiary/aromatic N) is 3. The van der Waals surface area contributed by atoms with E-state index in [9.17, 15) is 9.59 Å². The Bertz CT molecular complexity index is 1160. The maximum atomic E-state index is 13.0. The summed E-state index contributed by atoms with van der Waals surface area (Å²) in [5.41, 5.74) is 1.11. The average Bonchev–Trinajstić information content (AvgIpc) is 2.71. The van der Waals surface area contributed by atoms with Crippen LogP contribution in [0.25, 0.3) is 16.7 Å². The zero-order chi connectivity index (χ0) is 19.7. The second-order valence-corrected chi connectivity index (χ2v) is 7.45. The zero-order valence-corrected chi connectivity index (χ0v) is 16.1. The summed E-state index contributed by atoms with van der Waals surface area (Å²) in [4.78, 5) is 30.6. The first-order valence-corrected chi connectivity index (χ1v) is 10.0. The van der Waals surface area contributed by atoms with Crippen molar-refractivity contribution in [3.63, 3.8) is 0 Å². The van der Waals surface area contributed by atoms with E-state index in [2.05, 4.69) is 10.3 Å². The fourth-order valence-corrected chi connectivity index (χ4v) is 4.01. The number of fused-ring (bicyclic) bond motifs is 2. The molecule has 3 aromatic heterocycles. The number of pyridine rings is 2. The van der Waals surface area contributed by atoms with Crippen LogP contribution in [-0.2, 0) is 6.54 Å². The van der Waals surface area contributed by atoms with E-state index in [1.165, 1.54) is 16.9 Å². The Balaban J connectivity index is 1.89. The monoisotopic (exact) mass is 379 g/mol. The molecule has 0 spiro atoms. The molecule has 7 heteroatoms. The van der Waals surface area contributed by atoms with Gasteiger partial charge in [-0.15, -0.1) is 0 Å². The maximum Gasteiger partial charge on any atom is 0.267 e. The number of rotatable bonds is 4. The summed E-state index contributed by atoms with van der Waals surface area (Å²) < 4.78 is 3.16. The second kappa shape index (κ2) is 7.58. The third kappa shape index (κ3) is 3.21. The van der Waals surface area contributed by atoms with Crippen molar-refractivity contribution in [1.29, 1.82) is 5.41 Å². The van der Waals surface area contributed by atoms with Gasteiger partial charge in [0, 0.05) is 18.8 Å². The quantitative estimate of drug-likeness (QED) is 0.683. The first-order valence-electron chi connectivity index (χ1n) is 10.0. The molecule has 28 heavy (non-hydrogen) atoms. The van der Waals surface area contributed by atoms with Gasteiger partial charge in [-0.05, 0) is 37.5 Å². The van der Waals surface area contributed by atoms with Gasteiger partial charge in [0.2, 0.25) is 0 Å². The van der Waals surface area contributed by atoms with Gasteiger partial charge in [-0.3, -0.25) is 19.4 Å². The lowest BCUT2D eigenvalue weighted by atomic mass is 9.95. The summed E-state index contributed by atoms with van der Waals surface area (Å²) >= 11 is 0. The van der Waals surface area contributed by atoms with E-state index in [1.54, 1.807) is 22.9 Å². The van der Waals surface area contributed by atoms with Gasteiger partial charge in [-0.25, -0.2) is 4.98 Å². The van der Waals surface area contributed by atoms with Crippen molar-refractivity contribution in [2.75, 3.05) is 0 Å². The molecule has 2 N–H and O–H groups in total. The van der Waals surface area contributed by atoms with Crippen LogP contribution in [-0.4, -0.2) is 25.9 Å². The molecule has 0 atom stereocenters. The highest BCUT2D eigenvalue weighted by molar-refractivity contribution is 5.97. The Morgan fingerprint density at radius 1 is 1.29 bits per heavy atom.